The standard InChI is InChI=1S/C15H20.C2H6/c1-4-7-14(8-5-2)15-11-9-13(6-3)10-12-15;1-2/h4-5,7-9,11-13H,1,6,10H2,2-3H3;1-2H3/b8-5-,14-7+;. The summed E-state index contributed by atoms with van der Waals surface area (Å²) in [5.74, 6) is 0.726. The van der Waals surface area contributed by atoms with E-state index < -0.39 is 0 Å². The van der Waals surface area contributed by atoms with Crippen molar-refractivity contribution in [2.75, 3.05) is 0 Å². The van der Waals surface area contributed by atoms with Crippen LogP contribution in [0.2, 0.25) is 0 Å². The summed E-state index contributed by atoms with van der Waals surface area (Å²) in [6.07, 6.45) is 17.4. The van der Waals surface area contributed by atoms with Crippen molar-refractivity contribution in [3.8, 4) is 0 Å². The van der Waals surface area contributed by atoms with E-state index in [0.29, 0.717) is 0 Å². The highest BCUT2D eigenvalue weighted by molar-refractivity contribution is 5.48. The monoisotopic (exact) mass is 230 g/mol. The van der Waals surface area contributed by atoms with E-state index in [9.17, 15) is 0 Å². The van der Waals surface area contributed by atoms with E-state index in [0.717, 1.165) is 12.3 Å². The minimum absolute atomic E-state index is 0.726. The zero-order chi connectivity index (χ0) is 13.1. The molecule has 0 heterocycles. The van der Waals surface area contributed by atoms with Gasteiger partial charge in [-0.25, -0.2) is 0 Å². The van der Waals surface area contributed by atoms with Gasteiger partial charge in [-0.05, 0) is 36.8 Å². The van der Waals surface area contributed by atoms with Gasteiger partial charge in [0.1, 0.15) is 0 Å². The average molecular weight is 230 g/mol. The van der Waals surface area contributed by atoms with Gasteiger partial charge in [0, 0.05) is 0 Å². The van der Waals surface area contributed by atoms with Gasteiger partial charge in [-0.2, -0.15) is 0 Å². The van der Waals surface area contributed by atoms with E-state index in [1.807, 2.05) is 26.8 Å². The van der Waals surface area contributed by atoms with Gasteiger partial charge < -0.3 is 0 Å². The summed E-state index contributed by atoms with van der Waals surface area (Å²) in [6, 6.07) is 0. The van der Waals surface area contributed by atoms with Crippen molar-refractivity contribution >= 4 is 0 Å². The van der Waals surface area contributed by atoms with Crippen LogP contribution in [0.5, 0.6) is 0 Å². The predicted molar refractivity (Wildman–Crippen MR) is 80.1 cm³/mol. The normalized spacial score (nSPS) is 19.6. The van der Waals surface area contributed by atoms with E-state index >= 15 is 0 Å². The van der Waals surface area contributed by atoms with Crippen LogP contribution >= 0.6 is 0 Å². The molecule has 0 aliphatic heterocycles. The largest absolute Gasteiger partial charge is 0.0990 e. The van der Waals surface area contributed by atoms with Crippen molar-refractivity contribution in [2.45, 2.75) is 40.5 Å². The van der Waals surface area contributed by atoms with E-state index in [-0.39, 0.29) is 0 Å². The van der Waals surface area contributed by atoms with Crippen LogP contribution < -0.4 is 0 Å². The number of hydrogen-bond acceptors (Lipinski definition) is 0. The number of rotatable bonds is 4. The van der Waals surface area contributed by atoms with Gasteiger partial charge in [-0.3, -0.25) is 0 Å². The lowest BCUT2D eigenvalue weighted by Crippen LogP contribution is -1.98. The van der Waals surface area contributed by atoms with E-state index in [1.54, 1.807) is 0 Å². The molecular weight excluding hydrogens is 204 g/mol. The van der Waals surface area contributed by atoms with Crippen LogP contribution in [0.25, 0.3) is 0 Å². The van der Waals surface area contributed by atoms with Crippen LogP contribution in [0.1, 0.15) is 40.5 Å². The fourth-order valence-corrected chi connectivity index (χ4v) is 1.74. The van der Waals surface area contributed by atoms with Crippen LogP contribution in [0, 0.1) is 5.92 Å². The highest BCUT2D eigenvalue weighted by Gasteiger charge is 2.07. The van der Waals surface area contributed by atoms with Crippen molar-refractivity contribution in [1.29, 1.82) is 0 Å². The Hall–Kier alpha value is -1.30. The van der Waals surface area contributed by atoms with Crippen LogP contribution in [0.15, 0.2) is 60.3 Å². The van der Waals surface area contributed by atoms with E-state index in [4.69, 9.17) is 0 Å². The third-order valence-electron chi connectivity index (χ3n) is 2.69. The Labute approximate surface area is 107 Å². The quantitative estimate of drug-likeness (QED) is 0.550. The molecule has 0 N–H and O–H groups in total. The predicted octanol–water partition coefficient (Wildman–Crippen LogP) is 5.61. The Morgan fingerprint density at radius 1 is 1.47 bits per heavy atom. The Bertz CT molecular complexity index is 324. The molecule has 1 aliphatic rings. The molecule has 17 heavy (non-hydrogen) atoms. The third-order valence-corrected chi connectivity index (χ3v) is 2.69. The third kappa shape index (κ3) is 5.53. The lowest BCUT2D eigenvalue weighted by molar-refractivity contribution is 0.630. The average Bonchev–Trinajstić information content (AvgIpc) is 2.41. The van der Waals surface area contributed by atoms with Crippen LogP contribution in [-0.4, -0.2) is 0 Å². The molecule has 0 fully saturated rings. The fraction of sp³-hybridized carbons (Fsp3) is 0.412. The molecule has 1 rings (SSSR count). The summed E-state index contributed by atoms with van der Waals surface area (Å²) in [6.45, 7) is 12.0. The van der Waals surface area contributed by atoms with E-state index in [1.165, 1.54) is 17.6 Å². The van der Waals surface area contributed by atoms with Crippen molar-refractivity contribution in [3.05, 3.63) is 60.3 Å². The lowest BCUT2D eigenvalue weighted by atomic mass is 9.91. The summed E-state index contributed by atoms with van der Waals surface area (Å²) < 4.78 is 0. The van der Waals surface area contributed by atoms with Crippen molar-refractivity contribution in [2.24, 2.45) is 5.92 Å². The SMILES string of the molecule is C=C/C=C(\C=C/C)C1=CCC(CC)C=C1.CC. The second kappa shape index (κ2) is 9.89. The fourth-order valence-electron chi connectivity index (χ4n) is 1.74. The van der Waals surface area contributed by atoms with Crippen molar-refractivity contribution in [1.82, 2.24) is 0 Å². The van der Waals surface area contributed by atoms with Gasteiger partial charge in [0.15, 0.2) is 0 Å². The lowest BCUT2D eigenvalue weighted by Gasteiger charge is -2.14. The molecule has 0 aromatic carbocycles. The molecule has 0 saturated carbocycles. The summed E-state index contributed by atoms with van der Waals surface area (Å²) >= 11 is 0. The highest BCUT2D eigenvalue weighted by atomic mass is 14.1. The Morgan fingerprint density at radius 2 is 2.18 bits per heavy atom. The van der Waals surface area contributed by atoms with E-state index in [2.05, 4.69) is 50.0 Å². The minimum Gasteiger partial charge on any atom is -0.0990 e. The molecule has 0 saturated heterocycles. The maximum atomic E-state index is 3.75. The first-order valence-corrected chi connectivity index (χ1v) is 6.66. The first kappa shape index (κ1) is 15.7. The second-order valence-electron chi connectivity index (χ2n) is 3.78. The molecule has 0 amide bonds. The minimum atomic E-state index is 0.726. The van der Waals surface area contributed by atoms with Gasteiger partial charge in [-0.1, -0.05) is 69.9 Å². The Balaban J connectivity index is 0.00000121. The van der Waals surface area contributed by atoms with Gasteiger partial charge >= 0.3 is 0 Å². The molecule has 0 aromatic heterocycles. The molecule has 1 aliphatic carbocycles. The van der Waals surface area contributed by atoms with Gasteiger partial charge in [0.2, 0.25) is 0 Å². The Kier molecular flexibility index (Phi) is 9.14. The molecule has 1 unspecified atom stereocenters. The van der Waals surface area contributed by atoms with Crippen LogP contribution in [0.4, 0.5) is 0 Å². The zero-order valence-electron chi connectivity index (χ0n) is 11.7. The zero-order valence-corrected chi connectivity index (χ0v) is 11.7. The topological polar surface area (TPSA) is 0 Å². The van der Waals surface area contributed by atoms with Gasteiger partial charge in [0.05, 0.1) is 0 Å². The smallest absolute Gasteiger partial charge is 0.0191 e. The number of hydrogen-bond donors (Lipinski definition) is 0. The van der Waals surface area contributed by atoms with Crippen LogP contribution in [-0.2, 0) is 0 Å². The van der Waals surface area contributed by atoms with Crippen molar-refractivity contribution < 1.29 is 0 Å². The molecule has 0 nitrogen and oxygen atoms in total. The summed E-state index contributed by atoms with van der Waals surface area (Å²) in [5.41, 5.74) is 2.57. The molecule has 0 spiro atoms. The summed E-state index contributed by atoms with van der Waals surface area (Å²) in [5, 5.41) is 0. The first-order valence-electron chi connectivity index (χ1n) is 6.66. The maximum Gasteiger partial charge on any atom is -0.0191 e. The van der Waals surface area contributed by atoms with Gasteiger partial charge in [-0.15, -0.1) is 0 Å². The maximum absolute atomic E-state index is 3.75. The highest BCUT2D eigenvalue weighted by Crippen LogP contribution is 2.24. The first-order chi connectivity index (χ1) is 8.31. The number of allylic oxidation sites excluding steroid dienone is 9. The van der Waals surface area contributed by atoms with Crippen molar-refractivity contribution in [3.63, 3.8) is 0 Å². The molecular formula is C17H26. The molecule has 94 valence electrons. The van der Waals surface area contributed by atoms with Crippen LogP contribution in [0.3, 0.4) is 0 Å². The van der Waals surface area contributed by atoms with Gasteiger partial charge in [0.25, 0.3) is 0 Å². The Morgan fingerprint density at radius 3 is 2.59 bits per heavy atom. The second-order valence-corrected chi connectivity index (χ2v) is 3.78. The summed E-state index contributed by atoms with van der Waals surface area (Å²) in [7, 11) is 0. The molecule has 0 aromatic rings. The molecule has 0 bridgehead atoms. The molecule has 1 atom stereocenters. The summed E-state index contributed by atoms with van der Waals surface area (Å²) in [4.78, 5) is 0. The molecule has 0 heteroatoms. The molecule has 0 radical (unpaired) electrons.